The normalized spacial score (nSPS) is 20.9. The second-order valence-corrected chi connectivity index (χ2v) is 6.49. The van der Waals surface area contributed by atoms with Crippen molar-refractivity contribution in [1.82, 2.24) is 25.1 Å². The summed E-state index contributed by atoms with van der Waals surface area (Å²) in [5.41, 5.74) is 1.81. The number of nitrogens with one attached hydrogen (secondary N) is 1. The molecule has 3 rings (SSSR count). The number of aromatic nitrogens is 4. The van der Waals surface area contributed by atoms with Crippen LogP contribution in [0.4, 0.5) is 5.69 Å². The molecule has 128 valence electrons. The molecule has 2 aromatic rings. The number of hydrogen-bond donors (Lipinski definition) is 1. The average molecular weight is 328 g/mol. The third-order valence-electron chi connectivity index (χ3n) is 4.67. The van der Waals surface area contributed by atoms with Gasteiger partial charge in [0.15, 0.2) is 5.82 Å². The van der Waals surface area contributed by atoms with Crippen molar-refractivity contribution < 1.29 is 4.79 Å². The van der Waals surface area contributed by atoms with Crippen molar-refractivity contribution >= 4 is 11.6 Å². The van der Waals surface area contributed by atoms with Crippen LogP contribution in [0.25, 0.3) is 11.4 Å². The molecule has 1 aromatic heterocycles. The van der Waals surface area contributed by atoms with E-state index in [9.17, 15) is 4.79 Å². The molecule has 7 heteroatoms. The standard InChI is InChI=1S/C17H24N6O/c1-12-6-4-7-13(2)23(12)16(24)11-18-15-9-5-8-14(10-15)17-19-20-21-22(17)3/h5,8-10,12-13,18H,4,6-7,11H2,1-3H3/t12-,13+. The molecule has 0 bridgehead atoms. The van der Waals surface area contributed by atoms with E-state index < -0.39 is 0 Å². The van der Waals surface area contributed by atoms with Gasteiger partial charge in [0.25, 0.3) is 0 Å². The van der Waals surface area contributed by atoms with Gasteiger partial charge in [-0.05, 0) is 55.7 Å². The van der Waals surface area contributed by atoms with E-state index in [1.807, 2.05) is 29.2 Å². The molecule has 1 fully saturated rings. The number of aryl methyl sites for hydroxylation is 1. The van der Waals surface area contributed by atoms with Crippen molar-refractivity contribution in [1.29, 1.82) is 0 Å². The van der Waals surface area contributed by atoms with Crippen LogP contribution in [-0.2, 0) is 11.8 Å². The zero-order valence-corrected chi connectivity index (χ0v) is 14.4. The summed E-state index contributed by atoms with van der Waals surface area (Å²) in [4.78, 5) is 14.6. The molecule has 0 saturated carbocycles. The van der Waals surface area contributed by atoms with Gasteiger partial charge in [-0.2, -0.15) is 0 Å². The highest BCUT2D eigenvalue weighted by Gasteiger charge is 2.28. The number of nitrogens with zero attached hydrogens (tertiary/aromatic N) is 5. The molecule has 0 unspecified atom stereocenters. The minimum atomic E-state index is 0.153. The van der Waals surface area contributed by atoms with Crippen LogP contribution in [0.5, 0.6) is 0 Å². The number of hydrogen-bond acceptors (Lipinski definition) is 5. The summed E-state index contributed by atoms with van der Waals surface area (Å²) in [6.07, 6.45) is 3.38. The topological polar surface area (TPSA) is 75.9 Å². The minimum absolute atomic E-state index is 0.153. The van der Waals surface area contributed by atoms with Crippen LogP contribution in [0.3, 0.4) is 0 Å². The Kier molecular flexibility index (Phi) is 4.78. The fourth-order valence-electron chi connectivity index (χ4n) is 3.42. The molecule has 0 aliphatic carbocycles. The Labute approximate surface area is 142 Å². The molecule has 2 atom stereocenters. The van der Waals surface area contributed by atoms with Gasteiger partial charge < -0.3 is 10.2 Å². The Balaban J connectivity index is 1.66. The number of piperidine rings is 1. The third kappa shape index (κ3) is 3.39. The number of anilines is 1. The van der Waals surface area contributed by atoms with E-state index in [1.165, 1.54) is 6.42 Å². The number of rotatable bonds is 4. The molecular weight excluding hydrogens is 304 g/mol. The van der Waals surface area contributed by atoms with Gasteiger partial charge in [0.05, 0.1) is 6.54 Å². The largest absolute Gasteiger partial charge is 0.376 e. The van der Waals surface area contributed by atoms with Gasteiger partial charge in [0.1, 0.15) is 0 Å². The summed E-state index contributed by atoms with van der Waals surface area (Å²) in [6.45, 7) is 4.57. The van der Waals surface area contributed by atoms with Crippen LogP contribution >= 0.6 is 0 Å². The van der Waals surface area contributed by atoms with Crippen molar-refractivity contribution in [3.63, 3.8) is 0 Å². The predicted octanol–water partition coefficient (Wildman–Crippen LogP) is 2.08. The maximum Gasteiger partial charge on any atom is 0.242 e. The van der Waals surface area contributed by atoms with Gasteiger partial charge in [0.2, 0.25) is 5.91 Å². The molecule has 1 saturated heterocycles. The van der Waals surface area contributed by atoms with E-state index in [-0.39, 0.29) is 5.91 Å². The van der Waals surface area contributed by atoms with Crippen LogP contribution in [0.1, 0.15) is 33.1 Å². The smallest absolute Gasteiger partial charge is 0.242 e. The summed E-state index contributed by atoms with van der Waals surface area (Å²) in [6, 6.07) is 8.43. The number of carbonyl (C=O) groups is 1. The zero-order valence-electron chi connectivity index (χ0n) is 14.4. The van der Waals surface area contributed by atoms with Gasteiger partial charge in [0, 0.05) is 30.4 Å². The minimum Gasteiger partial charge on any atom is -0.376 e. The van der Waals surface area contributed by atoms with Gasteiger partial charge in [-0.15, -0.1) is 5.10 Å². The van der Waals surface area contributed by atoms with Crippen LogP contribution in [-0.4, -0.2) is 49.6 Å². The van der Waals surface area contributed by atoms with Crippen molar-refractivity contribution in [3.05, 3.63) is 24.3 Å². The van der Waals surface area contributed by atoms with Crippen LogP contribution in [0.2, 0.25) is 0 Å². The van der Waals surface area contributed by atoms with E-state index >= 15 is 0 Å². The Morgan fingerprint density at radius 2 is 2.04 bits per heavy atom. The Hall–Kier alpha value is -2.44. The van der Waals surface area contributed by atoms with Crippen LogP contribution < -0.4 is 5.32 Å². The number of tetrazole rings is 1. The van der Waals surface area contributed by atoms with Crippen molar-refractivity contribution in [2.75, 3.05) is 11.9 Å². The highest BCUT2D eigenvalue weighted by atomic mass is 16.2. The highest BCUT2D eigenvalue weighted by molar-refractivity contribution is 5.81. The highest BCUT2D eigenvalue weighted by Crippen LogP contribution is 2.23. The number of benzene rings is 1. The van der Waals surface area contributed by atoms with Gasteiger partial charge in [-0.3, -0.25) is 4.79 Å². The molecule has 2 heterocycles. The van der Waals surface area contributed by atoms with Gasteiger partial charge in [-0.1, -0.05) is 12.1 Å². The molecule has 1 aliphatic rings. The zero-order chi connectivity index (χ0) is 17.1. The Morgan fingerprint density at radius 3 is 2.71 bits per heavy atom. The van der Waals surface area contributed by atoms with Crippen LogP contribution in [0, 0.1) is 0 Å². The summed E-state index contributed by atoms with van der Waals surface area (Å²) in [5.74, 6) is 0.851. The van der Waals surface area contributed by atoms with Gasteiger partial charge >= 0.3 is 0 Å². The fourth-order valence-corrected chi connectivity index (χ4v) is 3.42. The van der Waals surface area contributed by atoms with Crippen LogP contribution in [0.15, 0.2) is 24.3 Å². The first kappa shape index (κ1) is 16.4. The summed E-state index contributed by atoms with van der Waals surface area (Å²) in [7, 11) is 1.80. The average Bonchev–Trinajstić information content (AvgIpc) is 2.99. The van der Waals surface area contributed by atoms with E-state index in [1.54, 1.807) is 11.7 Å². The fraction of sp³-hybridized carbons (Fsp3) is 0.529. The Bertz CT molecular complexity index is 703. The Morgan fingerprint density at radius 1 is 1.29 bits per heavy atom. The summed E-state index contributed by atoms with van der Waals surface area (Å²) >= 11 is 0. The number of likely N-dealkylation sites (tertiary alicyclic amines) is 1. The first-order valence-electron chi connectivity index (χ1n) is 8.44. The lowest BCUT2D eigenvalue weighted by Gasteiger charge is -2.39. The quantitative estimate of drug-likeness (QED) is 0.930. The molecule has 24 heavy (non-hydrogen) atoms. The SMILES string of the molecule is C[C@@H]1CCC[C@H](C)N1C(=O)CNc1cccc(-c2nnnn2C)c1. The molecule has 1 amide bonds. The van der Waals surface area contributed by atoms with E-state index in [0.717, 1.165) is 24.1 Å². The molecule has 1 N–H and O–H groups in total. The third-order valence-corrected chi connectivity index (χ3v) is 4.67. The number of carbonyl (C=O) groups excluding carboxylic acids is 1. The van der Waals surface area contributed by atoms with Gasteiger partial charge in [-0.25, -0.2) is 4.68 Å². The molecular formula is C17H24N6O. The second kappa shape index (κ2) is 6.98. The molecule has 0 spiro atoms. The van der Waals surface area contributed by atoms with E-state index in [0.29, 0.717) is 24.5 Å². The monoisotopic (exact) mass is 328 g/mol. The van der Waals surface area contributed by atoms with E-state index in [4.69, 9.17) is 0 Å². The molecule has 1 aliphatic heterocycles. The van der Waals surface area contributed by atoms with Crippen molar-refractivity contribution in [2.24, 2.45) is 7.05 Å². The summed E-state index contributed by atoms with van der Waals surface area (Å²) < 4.78 is 1.63. The maximum absolute atomic E-state index is 12.6. The predicted molar refractivity (Wildman–Crippen MR) is 92.3 cm³/mol. The van der Waals surface area contributed by atoms with Crippen molar-refractivity contribution in [2.45, 2.75) is 45.2 Å². The summed E-state index contributed by atoms with van der Waals surface area (Å²) in [5, 5.41) is 14.8. The van der Waals surface area contributed by atoms with E-state index in [2.05, 4.69) is 34.7 Å². The van der Waals surface area contributed by atoms with Crippen molar-refractivity contribution in [3.8, 4) is 11.4 Å². The molecule has 1 aromatic carbocycles. The number of amides is 1. The first-order chi connectivity index (χ1) is 11.6. The molecule has 7 nitrogen and oxygen atoms in total. The maximum atomic E-state index is 12.6. The lowest BCUT2D eigenvalue weighted by molar-refractivity contribution is -0.135. The lowest BCUT2D eigenvalue weighted by atomic mass is 9.97. The second-order valence-electron chi connectivity index (χ2n) is 6.49. The lowest BCUT2D eigenvalue weighted by Crippen LogP contribution is -2.49. The molecule has 0 radical (unpaired) electrons. The first-order valence-corrected chi connectivity index (χ1v) is 8.44.